The third-order valence-corrected chi connectivity index (χ3v) is 4.04. The molecular formula is C20H32O2. The molecule has 1 aromatic carbocycles. The fourth-order valence-corrected chi connectivity index (χ4v) is 2.64. The van der Waals surface area contributed by atoms with Gasteiger partial charge in [-0.25, -0.2) is 0 Å². The van der Waals surface area contributed by atoms with Crippen LogP contribution in [0.1, 0.15) is 75.8 Å². The number of unbranched alkanes of at least 4 members (excludes halogenated alkanes) is 8. The third-order valence-electron chi connectivity index (χ3n) is 4.04. The Bertz CT molecular complexity index is 395. The number of benzene rings is 1. The molecule has 0 fully saturated rings. The van der Waals surface area contributed by atoms with Crippen LogP contribution in [0.3, 0.4) is 0 Å². The topological polar surface area (TPSA) is 26.3 Å². The first kappa shape index (κ1) is 18.7. The zero-order valence-corrected chi connectivity index (χ0v) is 14.4. The molecule has 0 unspecified atom stereocenters. The Morgan fingerprint density at radius 2 is 1.32 bits per heavy atom. The number of hydrogen-bond donors (Lipinski definition) is 0. The normalized spacial score (nSPS) is 10.6. The zero-order chi connectivity index (χ0) is 16.0. The van der Waals surface area contributed by atoms with Crippen LogP contribution >= 0.6 is 0 Å². The van der Waals surface area contributed by atoms with Gasteiger partial charge in [0.1, 0.15) is 0 Å². The van der Waals surface area contributed by atoms with Gasteiger partial charge in [0.05, 0.1) is 6.61 Å². The van der Waals surface area contributed by atoms with Gasteiger partial charge >= 0.3 is 5.97 Å². The molecule has 0 saturated heterocycles. The van der Waals surface area contributed by atoms with Crippen molar-refractivity contribution in [2.24, 2.45) is 0 Å². The molecule has 0 spiro atoms. The van der Waals surface area contributed by atoms with Crippen LogP contribution in [0, 0.1) is 6.92 Å². The smallest absolute Gasteiger partial charge is 0.302 e. The molecule has 0 saturated carbocycles. The number of carbonyl (C=O) groups is 1. The largest absolute Gasteiger partial charge is 0.466 e. The highest BCUT2D eigenvalue weighted by Gasteiger charge is 1.96. The van der Waals surface area contributed by atoms with Crippen LogP contribution in [0.15, 0.2) is 24.3 Å². The Balaban J connectivity index is 1.82. The van der Waals surface area contributed by atoms with Gasteiger partial charge in [-0.3, -0.25) is 4.79 Å². The number of rotatable bonds is 12. The molecule has 22 heavy (non-hydrogen) atoms. The second-order valence-corrected chi connectivity index (χ2v) is 6.26. The molecule has 0 N–H and O–H groups in total. The fourth-order valence-electron chi connectivity index (χ4n) is 2.64. The van der Waals surface area contributed by atoms with Gasteiger partial charge in [0.15, 0.2) is 0 Å². The molecule has 0 aliphatic carbocycles. The Labute approximate surface area is 136 Å². The summed E-state index contributed by atoms with van der Waals surface area (Å²) in [5, 5.41) is 0. The number of carbonyl (C=O) groups excluding carboxylic acids is 1. The van der Waals surface area contributed by atoms with Crippen molar-refractivity contribution in [3.8, 4) is 0 Å². The summed E-state index contributed by atoms with van der Waals surface area (Å²) in [4.78, 5) is 10.6. The summed E-state index contributed by atoms with van der Waals surface area (Å²) in [6.07, 6.45) is 12.7. The number of aryl methyl sites for hydroxylation is 2. The second-order valence-electron chi connectivity index (χ2n) is 6.26. The molecule has 2 heteroatoms. The van der Waals surface area contributed by atoms with E-state index < -0.39 is 0 Å². The highest BCUT2D eigenvalue weighted by molar-refractivity contribution is 5.65. The minimum Gasteiger partial charge on any atom is -0.466 e. The number of ether oxygens (including phenoxy) is 1. The lowest BCUT2D eigenvalue weighted by Gasteiger charge is -2.04. The maximum Gasteiger partial charge on any atom is 0.302 e. The molecule has 0 aromatic heterocycles. The van der Waals surface area contributed by atoms with Crippen LogP contribution in [-0.4, -0.2) is 12.6 Å². The van der Waals surface area contributed by atoms with Crippen LogP contribution in [0.25, 0.3) is 0 Å². The standard InChI is InChI=1S/C20H32O2/c1-18-13-15-20(16-14-18)12-10-8-6-4-3-5-7-9-11-17-22-19(2)21/h13-16H,3-12,17H2,1-2H3. The molecule has 0 amide bonds. The van der Waals surface area contributed by atoms with Gasteiger partial charge in [-0.2, -0.15) is 0 Å². The Morgan fingerprint density at radius 1 is 0.818 bits per heavy atom. The molecule has 1 rings (SSSR count). The van der Waals surface area contributed by atoms with E-state index in [9.17, 15) is 4.79 Å². The minimum atomic E-state index is -0.161. The van der Waals surface area contributed by atoms with Crippen LogP contribution in [0.5, 0.6) is 0 Å². The monoisotopic (exact) mass is 304 g/mol. The lowest BCUT2D eigenvalue weighted by molar-refractivity contribution is -0.141. The molecule has 124 valence electrons. The highest BCUT2D eigenvalue weighted by Crippen LogP contribution is 2.12. The summed E-state index contributed by atoms with van der Waals surface area (Å²) >= 11 is 0. The first-order chi connectivity index (χ1) is 10.7. The van der Waals surface area contributed by atoms with Crippen molar-refractivity contribution in [1.29, 1.82) is 0 Å². The molecule has 2 nitrogen and oxygen atoms in total. The van der Waals surface area contributed by atoms with Gasteiger partial charge in [-0.05, 0) is 31.7 Å². The van der Waals surface area contributed by atoms with E-state index >= 15 is 0 Å². The quantitative estimate of drug-likeness (QED) is 0.370. The van der Waals surface area contributed by atoms with Crippen molar-refractivity contribution in [2.45, 2.75) is 78.1 Å². The SMILES string of the molecule is CC(=O)OCCCCCCCCCCCc1ccc(C)cc1. The van der Waals surface area contributed by atoms with Gasteiger partial charge in [0.2, 0.25) is 0 Å². The summed E-state index contributed by atoms with van der Waals surface area (Å²) in [5.41, 5.74) is 2.81. The summed E-state index contributed by atoms with van der Waals surface area (Å²) in [7, 11) is 0. The van der Waals surface area contributed by atoms with Crippen molar-refractivity contribution in [1.82, 2.24) is 0 Å². The van der Waals surface area contributed by atoms with Crippen molar-refractivity contribution in [3.05, 3.63) is 35.4 Å². The Morgan fingerprint density at radius 3 is 1.86 bits per heavy atom. The van der Waals surface area contributed by atoms with Gasteiger partial charge in [0, 0.05) is 6.92 Å². The maximum absolute atomic E-state index is 10.6. The molecular weight excluding hydrogens is 272 g/mol. The molecule has 0 aliphatic rings. The third kappa shape index (κ3) is 10.4. The van der Waals surface area contributed by atoms with Crippen molar-refractivity contribution < 1.29 is 9.53 Å². The lowest BCUT2D eigenvalue weighted by Crippen LogP contribution is -2.00. The fraction of sp³-hybridized carbons (Fsp3) is 0.650. The summed E-state index contributed by atoms with van der Waals surface area (Å²) in [6.45, 7) is 4.20. The van der Waals surface area contributed by atoms with E-state index in [1.54, 1.807) is 0 Å². The van der Waals surface area contributed by atoms with Crippen molar-refractivity contribution in [3.63, 3.8) is 0 Å². The summed E-state index contributed by atoms with van der Waals surface area (Å²) in [6, 6.07) is 8.92. The average Bonchev–Trinajstić information content (AvgIpc) is 2.50. The van der Waals surface area contributed by atoms with Crippen LogP contribution < -0.4 is 0 Å². The van der Waals surface area contributed by atoms with Gasteiger partial charge < -0.3 is 4.74 Å². The van der Waals surface area contributed by atoms with Gasteiger partial charge in [-0.1, -0.05) is 74.8 Å². The average molecular weight is 304 g/mol. The van der Waals surface area contributed by atoms with Gasteiger partial charge in [-0.15, -0.1) is 0 Å². The van der Waals surface area contributed by atoms with Crippen molar-refractivity contribution >= 4 is 5.97 Å². The van der Waals surface area contributed by atoms with E-state index in [0.29, 0.717) is 6.61 Å². The molecule has 0 atom stereocenters. The first-order valence-corrected chi connectivity index (χ1v) is 8.87. The number of esters is 1. The Kier molecular flexibility index (Phi) is 10.4. The van der Waals surface area contributed by atoms with Gasteiger partial charge in [0.25, 0.3) is 0 Å². The van der Waals surface area contributed by atoms with E-state index in [-0.39, 0.29) is 5.97 Å². The van der Waals surface area contributed by atoms with Crippen LogP contribution in [0.2, 0.25) is 0 Å². The molecule has 0 heterocycles. The number of hydrogen-bond acceptors (Lipinski definition) is 2. The van der Waals surface area contributed by atoms with E-state index in [1.807, 2.05) is 0 Å². The predicted octanol–water partition coefficient (Wildman–Crippen LogP) is 5.61. The lowest BCUT2D eigenvalue weighted by atomic mass is 10.0. The Hall–Kier alpha value is -1.31. The predicted molar refractivity (Wildman–Crippen MR) is 93.1 cm³/mol. The first-order valence-electron chi connectivity index (χ1n) is 8.87. The molecule has 1 aromatic rings. The summed E-state index contributed by atoms with van der Waals surface area (Å²) in [5.74, 6) is -0.161. The van der Waals surface area contributed by atoms with E-state index in [4.69, 9.17) is 4.74 Å². The molecule has 0 radical (unpaired) electrons. The van der Waals surface area contributed by atoms with Crippen LogP contribution in [0.4, 0.5) is 0 Å². The minimum absolute atomic E-state index is 0.161. The molecule has 0 bridgehead atoms. The second kappa shape index (κ2) is 12.3. The van der Waals surface area contributed by atoms with Crippen molar-refractivity contribution in [2.75, 3.05) is 6.61 Å². The maximum atomic E-state index is 10.6. The van der Waals surface area contributed by atoms with E-state index in [2.05, 4.69) is 31.2 Å². The zero-order valence-electron chi connectivity index (χ0n) is 14.4. The summed E-state index contributed by atoms with van der Waals surface area (Å²) < 4.78 is 4.92. The van der Waals surface area contributed by atoms with Crippen LogP contribution in [-0.2, 0) is 16.0 Å². The van der Waals surface area contributed by atoms with E-state index in [0.717, 1.165) is 6.42 Å². The van der Waals surface area contributed by atoms with E-state index in [1.165, 1.54) is 75.8 Å². The highest BCUT2D eigenvalue weighted by atomic mass is 16.5. The molecule has 0 aliphatic heterocycles.